The van der Waals surface area contributed by atoms with Gasteiger partial charge < -0.3 is 19.5 Å². The van der Waals surface area contributed by atoms with E-state index >= 15 is 0 Å². The Morgan fingerprint density at radius 3 is 1.92 bits per heavy atom. The SMILES string of the molecule is CCCCCCCCCCCCOC(=O)CNC(=O)OCCOC. The predicted molar refractivity (Wildman–Crippen MR) is 94.0 cm³/mol. The third kappa shape index (κ3) is 17.1. The minimum Gasteiger partial charge on any atom is -0.464 e. The van der Waals surface area contributed by atoms with Crippen LogP contribution >= 0.6 is 0 Å². The molecule has 0 spiro atoms. The van der Waals surface area contributed by atoms with Gasteiger partial charge in [0.05, 0.1) is 13.2 Å². The number of rotatable bonds is 16. The monoisotopic (exact) mass is 345 g/mol. The molecular formula is C18H35NO5. The van der Waals surface area contributed by atoms with Crippen molar-refractivity contribution in [2.24, 2.45) is 0 Å². The molecule has 0 radical (unpaired) electrons. The molecule has 0 aromatic carbocycles. The second kappa shape index (κ2) is 18.0. The molecule has 6 heteroatoms. The van der Waals surface area contributed by atoms with Crippen molar-refractivity contribution in [2.75, 3.05) is 33.5 Å². The average Bonchev–Trinajstić information content (AvgIpc) is 2.58. The normalized spacial score (nSPS) is 10.4. The maximum atomic E-state index is 11.4. The zero-order valence-electron chi connectivity index (χ0n) is 15.4. The van der Waals surface area contributed by atoms with Crippen molar-refractivity contribution in [2.45, 2.75) is 71.1 Å². The molecule has 0 rings (SSSR count). The number of unbranched alkanes of at least 4 members (excludes halogenated alkanes) is 9. The molecule has 6 nitrogen and oxygen atoms in total. The second-order valence-electron chi connectivity index (χ2n) is 5.88. The molecule has 0 aliphatic carbocycles. The Balaban J connectivity index is 3.27. The number of carbonyl (C=O) groups excluding carboxylic acids is 2. The Hall–Kier alpha value is -1.30. The van der Waals surface area contributed by atoms with E-state index in [-0.39, 0.29) is 13.2 Å². The third-order valence-electron chi connectivity index (χ3n) is 3.66. The number of alkyl carbamates (subject to hydrolysis) is 1. The number of hydrogen-bond donors (Lipinski definition) is 1. The summed E-state index contributed by atoms with van der Waals surface area (Å²) in [5.74, 6) is -0.436. The van der Waals surface area contributed by atoms with Crippen LogP contribution in [0.4, 0.5) is 4.79 Å². The first kappa shape index (κ1) is 22.7. The maximum Gasteiger partial charge on any atom is 0.407 e. The van der Waals surface area contributed by atoms with E-state index < -0.39 is 12.1 Å². The number of ether oxygens (including phenoxy) is 3. The van der Waals surface area contributed by atoms with Crippen LogP contribution in [0.1, 0.15) is 71.1 Å². The molecule has 1 N–H and O–H groups in total. The number of amides is 1. The van der Waals surface area contributed by atoms with Crippen LogP contribution in [-0.2, 0) is 19.0 Å². The highest BCUT2D eigenvalue weighted by Crippen LogP contribution is 2.10. The highest BCUT2D eigenvalue weighted by molar-refractivity contribution is 5.77. The molecule has 0 saturated heterocycles. The minimum atomic E-state index is -0.636. The van der Waals surface area contributed by atoms with E-state index in [2.05, 4.69) is 12.2 Å². The van der Waals surface area contributed by atoms with Gasteiger partial charge in [-0.1, -0.05) is 64.7 Å². The fraction of sp³-hybridized carbons (Fsp3) is 0.889. The van der Waals surface area contributed by atoms with Crippen LogP contribution in [-0.4, -0.2) is 45.5 Å². The Morgan fingerprint density at radius 1 is 0.750 bits per heavy atom. The van der Waals surface area contributed by atoms with E-state index in [1.54, 1.807) is 0 Å². The highest BCUT2D eigenvalue weighted by Gasteiger charge is 2.06. The molecule has 0 aromatic rings. The van der Waals surface area contributed by atoms with Gasteiger partial charge in [0.15, 0.2) is 0 Å². The molecule has 1 amide bonds. The van der Waals surface area contributed by atoms with Crippen LogP contribution in [0.25, 0.3) is 0 Å². The molecule has 142 valence electrons. The molecule has 24 heavy (non-hydrogen) atoms. The van der Waals surface area contributed by atoms with Crippen LogP contribution in [0.3, 0.4) is 0 Å². The van der Waals surface area contributed by atoms with Gasteiger partial charge in [-0.25, -0.2) is 4.79 Å². The number of nitrogens with one attached hydrogen (secondary N) is 1. The van der Waals surface area contributed by atoms with Crippen LogP contribution in [0.2, 0.25) is 0 Å². The fourth-order valence-corrected chi connectivity index (χ4v) is 2.24. The van der Waals surface area contributed by atoms with Crippen molar-refractivity contribution < 1.29 is 23.8 Å². The van der Waals surface area contributed by atoms with Crippen LogP contribution in [0.5, 0.6) is 0 Å². The van der Waals surface area contributed by atoms with Gasteiger partial charge in [-0.2, -0.15) is 0 Å². The zero-order chi connectivity index (χ0) is 17.9. The number of carbonyl (C=O) groups is 2. The third-order valence-corrected chi connectivity index (χ3v) is 3.66. The van der Waals surface area contributed by atoms with Crippen LogP contribution in [0.15, 0.2) is 0 Å². The average molecular weight is 345 g/mol. The zero-order valence-corrected chi connectivity index (χ0v) is 15.4. The Labute approximate surface area is 146 Å². The lowest BCUT2D eigenvalue weighted by Gasteiger charge is -2.07. The van der Waals surface area contributed by atoms with Crippen LogP contribution in [0, 0.1) is 0 Å². The second-order valence-corrected chi connectivity index (χ2v) is 5.88. The fourth-order valence-electron chi connectivity index (χ4n) is 2.24. The smallest absolute Gasteiger partial charge is 0.407 e. The first-order valence-corrected chi connectivity index (χ1v) is 9.25. The van der Waals surface area contributed by atoms with Gasteiger partial charge in [-0.15, -0.1) is 0 Å². The number of hydrogen-bond acceptors (Lipinski definition) is 5. The minimum absolute atomic E-state index is 0.163. The van der Waals surface area contributed by atoms with Crippen molar-refractivity contribution in [3.8, 4) is 0 Å². The number of esters is 1. The van der Waals surface area contributed by atoms with Crippen molar-refractivity contribution in [3.63, 3.8) is 0 Å². The first-order valence-electron chi connectivity index (χ1n) is 9.25. The summed E-state index contributed by atoms with van der Waals surface area (Å²) in [6, 6.07) is 0. The summed E-state index contributed by atoms with van der Waals surface area (Å²) in [4.78, 5) is 22.6. The summed E-state index contributed by atoms with van der Waals surface area (Å²) < 4.78 is 14.6. The van der Waals surface area contributed by atoms with E-state index in [9.17, 15) is 9.59 Å². The van der Waals surface area contributed by atoms with Crippen molar-refractivity contribution in [1.82, 2.24) is 5.32 Å². The van der Waals surface area contributed by atoms with Crippen molar-refractivity contribution in [1.29, 1.82) is 0 Å². The molecule has 0 aliphatic heterocycles. The highest BCUT2D eigenvalue weighted by atomic mass is 16.6. The quantitative estimate of drug-likeness (QED) is 0.340. The van der Waals surface area contributed by atoms with Gasteiger partial charge in [0.1, 0.15) is 13.2 Å². The summed E-state index contributed by atoms with van der Waals surface area (Å²) in [7, 11) is 1.52. The van der Waals surface area contributed by atoms with Crippen LogP contribution < -0.4 is 5.32 Å². The summed E-state index contributed by atoms with van der Waals surface area (Å²) in [5, 5.41) is 2.34. The lowest BCUT2D eigenvalue weighted by atomic mass is 10.1. The molecule has 0 atom stereocenters. The topological polar surface area (TPSA) is 73.9 Å². The van der Waals surface area contributed by atoms with E-state index in [0.29, 0.717) is 13.2 Å². The van der Waals surface area contributed by atoms with E-state index in [4.69, 9.17) is 14.2 Å². The van der Waals surface area contributed by atoms with Crippen molar-refractivity contribution in [3.05, 3.63) is 0 Å². The Kier molecular flexibility index (Phi) is 17.1. The van der Waals surface area contributed by atoms with Gasteiger partial charge in [-0.05, 0) is 6.42 Å². The molecule has 0 aromatic heterocycles. The van der Waals surface area contributed by atoms with Gasteiger partial charge in [-0.3, -0.25) is 4.79 Å². The largest absolute Gasteiger partial charge is 0.464 e. The van der Waals surface area contributed by atoms with E-state index in [1.807, 2.05) is 0 Å². The first-order chi connectivity index (χ1) is 11.7. The number of methoxy groups -OCH3 is 1. The lowest BCUT2D eigenvalue weighted by molar-refractivity contribution is -0.142. The molecular weight excluding hydrogens is 310 g/mol. The molecule has 0 fully saturated rings. The summed E-state index contributed by atoms with van der Waals surface area (Å²) in [5.41, 5.74) is 0. The van der Waals surface area contributed by atoms with E-state index in [0.717, 1.165) is 12.8 Å². The Bertz CT molecular complexity index is 310. The molecule has 0 aliphatic rings. The molecule has 0 bridgehead atoms. The maximum absolute atomic E-state index is 11.4. The molecule has 0 unspecified atom stereocenters. The summed E-state index contributed by atoms with van der Waals surface area (Å²) in [6.07, 6.45) is 11.8. The standard InChI is InChI=1S/C18H35NO5/c1-3-4-5-6-7-8-9-10-11-12-13-23-17(20)16-19-18(21)24-15-14-22-2/h3-16H2,1-2H3,(H,19,21). The van der Waals surface area contributed by atoms with E-state index in [1.165, 1.54) is 58.5 Å². The summed E-state index contributed by atoms with van der Waals surface area (Å²) in [6.45, 7) is 2.98. The Morgan fingerprint density at radius 2 is 1.33 bits per heavy atom. The van der Waals surface area contributed by atoms with Gasteiger partial charge in [0, 0.05) is 7.11 Å². The molecule has 0 saturated carbocycles. The van der Waals surface area contributed by atoms with Gasteiger partial charge in [0.25, 0.3) is 0 Å². The van der Waals surface area contributed by atoms with Crippen molar-refractivity contribution >= 4 is 12.1 Å². The summed E-state index contributed by atoms with van der Waals surface area (Å²) >= 11 is 0. The predicted octanol–water partition coefficient (Wildman–Crippen LogP) is 3.82. The lowest BCUT2D eigenvalue weighted by Crippen LogP contribution is -2.31. The van der Waals surface area contributed by atoms with Gasteiger partial charge in [0.2, 0.25) is 0 Å². The molecule has 0 heterocycles. The van der Waals surface area contributed by atoms with Gasteiger partial charge >= 0.3 is 12.1 Å².